The lowest BCUT2D eigenvalue weighted by atomic mass is 9.96. The fourth-order valence-electron chi connectivity index (χ4n) is 2.51. The van der Waals surface area contributed by atoms with Crippen molar-refractivity contribution in [3.05, 3.63) is 90.0 Å². The van der Waals surface area contributed by atoms with E-state index in [-0.39, 0.29) is 5.78 Å². The molecule has 0 aliphatic carbocycles. The number of esters is 1. The van der Waals surface area contributed by atoms with Crippen LogP contribution in [0.5, 0.6) is 5.75 Å². The zero-order valence-corrected chi connectivity index (χ0v) is 13.9. The summed E-state index contributed by atoms with van der Waals surface area (Å²) in [5, 5.41) is 0. The van der Waals surface area contributed by atoms with Gasteiger partial charge in [0.25, 0.3) is 0 Å². The number of ketones is 1. The minimum atomic E-state index is -0.422. The van der Waals surface area contributed by atoms with E-state index in [1.165, 1.54) is 0 Å². The summed E-state index contributed by atoms with van der Waals surface area (Å²) in [6.07, 6.45) is 0.451. The van der Waals surface area contributed by atoms with Crippen LogP contribution in [0.4, 0.5) is 0 Å². The van der Waals surface area contributed by atoms with Gasteiger partial charge in [0.05, 0.1) is 5.56 Å². The van der Waals surface area contributed by atoms with Crippen LogP contribution in [0.3, 0.4) is 0 Å². The Morgan fingerprint density at radius 1 is 0.720 bits per heavy atom. The SMILES string of the molecule is BCC(=O)c1ccc(OC(=O)c2ccc(-c3ccccc3)cc2)cc1. The molecular formula is C21H17BO3. The van der Waals surface area contributed by atoms with Crippen molar-refractivity contribution in [2.24, 2.45) is 0 Å². The molecule has 25 heavy (non-hydrogen) atoms. The number of carbonyl (C=O) groups is 2. The third kappa shape index (κ3) is 4.04. The molecular weight excluding hydrogens is 311 g/mol. The summed E-state index contributed by atoms with van der Waals surface area (Å²) < 4.78 is 5.36. The molecule has 0 fully saturated rings. The van der Waals surface area contributed by atoms with E-state index in [1.807, 2.05) is 50.3 Å². The van der Waals surface area contributed by atoms with E-state index < -0.39 is 5.97 Å². The molecule has 0 aliphatic rings. The number of hydrogen-bond donors (Lipinski definition) is 0. The van der Waals surface area contributed by atoms with E-state index in [9.17, 15) is 9.59 Å². The van der Waals surface area contributed by atoms with Crippen molar-refractivity contribution in [1.29, 1.82) is 0 Å². The molecule has 0 saturated carbocycles. The second-order valence-electron chi connectivity index (χ2n) is 5.63. The molecule has 0 unspecified atom stereocenters. The van der Waals surface area contributed by atoms with Gasteiger partial charge in [-0.25, -0.2) is 4.79 Å². The molecule has 0 bridgehead atoms. The maximum atomic E-state index is 12.2. The number of carbonyl (C=O) groups excluding carboxylic acids is 2. The highest BCUT2D eigenvalue weighted by molar-refractivity contribution is 6.24. The summed E-state index contributed by atoms with van der Waals surface area (Å²) in [4.78, 5) is 23.9. The first-order chi connectivity index (χ1) is 12.2. The number of benzene rings is 3. The van der Waals surface area contributed by atoms with Crippen molar-refractivity contribution < 1.29 is 14.3 Å². The lowest BCUT2D eigenvalue weighted by Crippen LogP contribution is -2.08. The fraction of sp³-hybridized carbons (Fsp3) is 0.0476. The zero-order chi connectivity index (χ0) is 17.6. The number of hydrogen-bond acceptors (Lipinski definition) is 3. The van der Waals surface area contributed by atoms with Gasteiger partial charge in [-0.15, -0.1) is 0 Å². The Labute approximate surface area is 147 Å². The van der Waals surface area contributed by atoms with E-state index in [2.05, 4.69) is 0 Å². The molecule has 3 aromatic carbocycles. The first-order valence-corrected chi connectivity index (χ1v) is 8.18. The Morgan fingerprint density at radius 2 is 1.28 bits per heavy atom. The standard InChI is InChI=1S/C21H17BO3/c22-14-20(23)17-10-12-19(13-11-17)25-21(24)18-8-6-16(7-9-18)15-4-2-1-3-5-15/h1-13H,14,22H2. The van der Waals surface area contributed by atoms with Crippen molar-refractivity contribution >= 4 is 19.6 Å². The molecule has 0 heterocycles. The maximum absolute atomic E-state index is 12.2. The summed E-state index contributed by atoms with van der Waals surface area (Å²) in [6, 6.07) is 23.9. The normalized spacial score (nSPS) is 10.2. The summed E-state index contributed by atoms with van der Waals surface area (Å²) in [6.45, 7) is 0. The fourth-order valence-corrected chi connectivity index (χ4v) is 2.51. The van der Waals surface area contributed by atoms with Gasteiger partial charge in [0.15, 0.2) is 5.78 Å². The van der Waals surface area contributed by atoms with E-state index in [1.54, 1.807) is 36.4 Å². The molecule has 0 saturated heterocycles. The Bertz CT molecular complexity index is 869. The molecule has 0 aliphatic heterocycles. The predicted octanol–water partition coefficient (Wildman–Crippen LogP) is 3.81. The van der Waals surface area contributed by atoms with E-state index >= 15 is 0 Å². The van der Waals surface area contributed by atoms with Gasteiger partial charge in [-0.1, -0.05) is 42.5 Å². The average molecular weight is 328 g/mol. The molecule has 0 aromatic heterocycles. The Balaban J connectivity index is 1.70. The lowest BCUT2D eigenvalue weighted by Gasteiger charge is -2.06. The smallest absolute Gasteiger partial charge is 0.343 e. The van der Waals surface area contributed by atoms with Gasteiger partial charge in [0, 0.05) is 5.56 Å². The molecule has 3 rings (SSSR count). The van der Waals surface area contributed by atoms with Gasteiger partial charge in [-0.2, -0.15) is 0 Å². The van der Waals surface area contributed by atoms with Gasteiger partial charge in [-0.05, 0) is 53.8 Å². The van der Waals surface area contributed by atoms with Crippen LogP contribution < -0.4 is 4.74 Å². The van der Waals surface area contributed by atoms with Gasteiger partial charge in [0.1, 0.15) is 13.6 Å². The Kier molecular flexibility index (Phi) is 5.10. The van der Waals surface area contributed by atoms with Crippen molar-refractivity contribution in [1.82, 2.24) is 0 Å². The van der Waals surface area contributed by atoms with Crippen LogP contribution in [0.25, 0.3) is 11.1 Å². The summed E-state index contributed by atoms with van der Waals surface area (Å²) >= 11 is 0. The maximum Gasteiger partial charge on any atom is 0.343 e. The van der Waals surface area contributed by atoms with Crippen LogP contribution in [0.1, 0.15) is 20.7 Å². The zero-order valence-electron chi connectivity index (χ0n) is 13.9. The van der Waals surface area contributed by atoms with E-state index in [4.69, 9.17) is 4.74 Å². The summed E-state index contributed by atoms with van der Waals surface area (Å²) in [5.41, 5.74) is 3.24. The van der Waals surface area contributed by atoms with Crippen molar-refractivity contribution in [2.45, 2.75) is 6.32 Å². The highest BCUT2D eigenvalue weighted by Gasteiger charge is 2.10. The molecule has 122 valence electrons. The minimum absolute atomic E-state index is 0.0642. The van der Waals surface area contributed by atoms with Gasteiger partial charge >= 0.3 is 5.97 Å². The molecule has 4 heteroatoms. The van der Waals surface area contributed by atoms with Crippen LogP contribution in [-0.2, 0) is 0 Å². The molecule has 0 atom stereocenters. The minimum Gasteiger partial charge on any atom is -0.423 e. The summed E-state index contributed by atoms with van der Waals surface area (Å²) in [7, 11) is 1.81. The summed E-state index contributed by atoms with van der Waals surface area (Å²) in [5.74, 6) is 0.0633. The Hall–Kier alpha value is -3.14. The largest absolute Gasteiger partial charge is 0.423 e. The van der Waals surface area contributed by atoms with Crippen LogP contribution in [0.15, 0.2) is 78.9 Å². The first-order valence-electron chi connectivity index (χ1n) is 8.18. The van der Waals surface area contributed by atoms with Gasteiger partial charge in [0.2, 0.25) is 0 Å². The van der Waals surface area contributed by atoms with Crippen molar-refractivity contribution in [3.63, 3.8) is 0 Å². The highest BCUT2D eigenvalue weighted by Crippen LogP contribution is 2.20. The quantitative estimate of drug-likeness (QED) is 0.310. The molecule has 3 aromatic rings. The number of Topliss-reactive ketones (excluding diaryl/α,β-unsaturated/α-hetero) is 1. The van der Waals surface area contributed by atoms with Gasteiger partial charge in [-0.3, -0.25) is 4.79 Å². The first kappa shape index (κ1) is 16.7. The Morgan fingerprint density at radius 3 is 1.88 bits per heavy atom. The predicted molar refractivity (Wildman–Crippen MR) is 101 cm³/mol. The molecule has 0 N–H and O–H groups in total. The molecule has 3 nitrogen and oxygen atoms in total. The highest BCUT2D eigenvalue weighted by atomic mass is 16.5. The van der Waals surface area contributed by atoms with E-state index in [0.717, 1.165) is 11.1 Å². The van der Waals surface area contributed by atoms with Crippen molar-refractivity contribution in [2.75, 3.05) is 0 Å². The third-order valence-corrected chi connectivity index (χ3v) is 3.94. The molecule has 0 spiro atoms. The molecule has 0 amide bonds. The van der Waals surface area contributed by atoms with Crippen LogP contribution in [-0.4, -0.2) is 19.6 Å². The van der Waals surface area contributed by atoms with Crippen LogP contribution in [0.2, 0.25) is 6.32 Å². The average Bonchev–Trinajstić information content (AvgIpc) is 2.68. The van der Waals surface area contributed by atoms with Crippen molar-refractivity contribution in [3.8, 4) is 16.9 Å². The molecule has 0 radical (unpaired) electrons. The lowest BCUT2D eigenvalue weighted by molar-refractivity contribution is 0.0734. The second kappa shape index (κ2) is 7.62. The second-order valence-corrected chi connectivity index (χ2v) is 5.63. The van der Waals surface area contributed by atoms with Crippen LogP contribution in [0, 0.1) is 0 Å². The van der Waals surface area contributed by atoms with Gasteiger partial charge < -0.3 is 4.74 Å². The number of ether oxygens (including phenoxy) is 1. The van der Waals surface area contributed by atoms with E-state index in [0.29, 0.717) is 23.2 Å². The topological polar surface area (TPSA) is 43.4 Å². The third-order valence-electron chi connectivity index (χ3n) is 3.94. The monoisotopic (exact) mass is 328 g/mol. The van der Waals surface area contributed by atoms with Crippen LogP contribution >= 0.6 is 0 Å². The number of rotatable bonds is 5.